The number of rotatable bonds is 6. The summed E-state index contributed by atoms with van der Waals surface area (Å²) in [6.07, 6.45) is -0.155. The molecule has 0 saturated heterocycles. The third-order valence-corrected chi connectivity index (χ3v) is 5.14. The van der Waals surface area contributed by atoms with E-state index in [1.165, 1.54) is 44.6 Å². The summed E-state index contributed by atoms with van der Waals surface area (Å²) in [7, 11) is 1.12. The molecule has 8 heteroatoms. The Kier molecular flexibility index (Phi) is 5.60. The minimum atomic E-state index is -1.75. The number of hydrogen-bond donors (Lipinski definition) is 1. The van der Waals surface area contributed by atoms with Gasteiger partial charge >= 0.3 is 0 Å². The van der Waals surface area contributed by atoms with Gasteiger partial charge in [0.1, 0.15) is 27.5 Å². The van der Waals surface area contributed by atoms with E-state index in [1.807, 2.05) is 13.8 Å². The van der Waals surface area contributed by atoms with Gasteiger partial charge in [0.05, 0.1) is 20.3 Å². The van der Waals surface area contributed by atoms with Crippen molar-refractivity contribution in [1.29, 1.82) is 0 Å². The molecule has 0 amide bonds. The summed E-state index contributed by atoms with van der Waals surface area (Å²) < 4.78 is 35.1. The lowest BCUT2D eigenvalue weighted by atomic mass is 10.1. The van der Waals surface area contributed by atoms with Gasteiger partial charge in [-0.1, -0.05) is 0 Å². The molecular weight excluding hydrogens is 384 g/mol. The molecule has 0 radical (unpaired) electrons. The zero-order valence-electron chi connectivity index (χ0n) is 15.8. The van der Waals surface area contributed by atoms with Crippen molar-refractivity contribution in [1.82, 2.24) is 0 Å². The Labute approximate surface area is 163 Å². The standard InChI is InChI=1S/C20H20O7S/c1-11(2)26-16-10-15-18(20(25-4)19(16)24-3)14(22)9-17(27-15)28(23)13-7-5-12(21)6-8-13/h5-11,21H,1-4H3. The highest BCUT2D eigenvalue weighted by Crippen LogP contribution is 2.43. The van der Waals surface area contributed by atoms with Crippen LogP contribution in [0.1, 0.15) is 13.8 Å². The molecule has 0 aliphatic heterocycles. The van der Waals surface area contributed by atoms with Crippen LogP contribution in [0, 0.1) is 0 Å². The average Bonchev–Trinajstić information content (AvgIpc) is 2.66. The quantitative estimate of drug-likeness (QED) is 0.672. The van der Waals surface area contributed by atoms with Gasteiger partial charge in [0.25, 0.3) is 0 Å². The van der Waals surface area contributed by atoms with Crippen LogP contribution in [0.3, 0.4) is 0 Å². The lowest BCUT2D eigenvalue weighted by Gasteiger charge is -2.17. The van der Waals surface area contributed by atoms with Crippen LogP contribution >= 0.6 is 0 Å². The number of benzene rings is 2. The van der Waals surface area contributed by atoms with Crippen molar-refractivity contribution in [2.24, 2.45) is 0 Å². The second kappa shape index (κ2) is 7.93. The molecular formula is C20H20O7S. The van der Waals surface area contributed by atoms with Crippen molar-refractivity contribution in [2.75, 3.05) is 14.2 Å². The van der Waals surface area contributed by atoms with Gasteiger partial charge in [-0.05, 0) is 38.1 Å². The SMILES string of the molecule is COc1c(OC(C)C)cc2oc(S(=O)c3ccc(O)cc3)cc(=O)c2c1OC. The summed E-state index contributed by atoms with van der Waals surface area (Å²) in [5, 5.41) is 9.54. The summed E-state index contributed by atoms with van der Waals surface area (Å²) in [4.78, 5) is 13.1. The van der Waals surface area contributed by atoms with Crippen molar-refractivity contribution in [2.45, 2.75) is 29.9 Å². The number of fused-ring (bicyclic) bond motifs is 1. The first-order chi connectivity index (χ1) is 13.3. The van der Waals surface area contributed by atoms with Crippen molar-refractivity contribution < 1.29 is 27.9 Å². The molecule has 1 heterocycles. The molecule has 1 N–H and O–H groups in total. The minimum absolute atomic E-state index is 0.0223. The molecule has 0 fully saturated rings. The molecule has 1 aromatic heterocycles. The van der Waals surface area contributed by atoms with Crippen LogP contribution in [-0.4, -0.2) is 29.6 Å². The fourth-order valence-corrected chi connectivity index (χ4v) is 3.73. The summed E-state index contributed by atoms with van der Waals surface area (Å²) in [5.41, 5.74) is -0.252. The Hall–Kier alpha value is -3.00. The Bertz CT molecular complexity index is 1080. The van der Waals surface area contributed by atoms with Crippen LogP contribution in [-0.2, 0) is 10.8 Å². The number of phenolic OH excluding ortho intramolecular Hbond substituents is 1. The van der Waals surface area contributed by atoms with E-state index in [-0.39, 0.29) is 39.4 Å². The van der Waals surface area contributed by atoms with Gasteiger partial charge in [0.15, 0.2) is 22.0 Å². The number of hydrogen-bond acceptors (Lipinski definition) is 7. The van der Waals surface area contributed by atoms with E-state index in [4.69, 9.17) is 18.6 Å². The normalized spacial score (nSPS) is 12.2. The zero-order chi connectivity index (χ0) is 20.4. The van der Waals surface area contributed by atoms with E-state index < -0.39 is 16.2 Å². The Morgan fingerprint density at radius 1 is 1.04 bits per heavy atom. The number of aromatic hydroxyl groups is 1. The van der Waals surface area contributed by atoms with E-state index in [1.54, 1.807) is 0 Å². The van der Waals surface area contributed by atoms with E-state index in [9.17, 15) is 14.1 Å². The minimum Gasteiger partial charge on any atom is -0.508 e. The van der Waals surface area contributed by atoms with Gasteiger partial charge < -0.3 is 23.7 Å². The predicted molar refractivity (Wildman–Crippen MR) is 104 cm³/mol. The maximum atomic E-state index is 12.8. The van der Waals surface area contributed by atoms with Crippen molar-refractivity contribution in [3.05, 3.63) is 46.6 Å². The molecule has 0 aliphatic carbocycles. The molecule has 7 nitrogen and oxygen atoms in total. The maximum Gasteiger partial charge on any atom is 0.204 e. The van der Waals surface area contributed by atoms with Gasteiger partial charge in [-0.15, -0.1) is 0 Å². The van der Waals surface area contributed by atoms with Crippen molar-refractivity contribution >= 4 is 21.8 Å². The fourth-order valence-electron chi connectivity index (χ4n) is 2.73. The molecule has 148 valence electrons. The lowest BCUT2D eigenvalue weighted by Crippen LogP contribution is -2.10. The van der Waals surface area contributed by atoms with Gasteiger partial charge in [-0.3, -0.25) is 4.79 Å². The van der Waals surface area contributed by atoms with Crippen LogP contribution in [0.5, 0.6) is 23.0 Å². The van der Waals surface area contributed by atoms with E-state index in [0.29, 0.717) is 10.6 Å². The van der Waals surface area contributed by atoms with Crippen LogP contribution < -0.4 is 19.6 Å². The molecule has 2 aromatic carbocycles. The van der Waals surface area contributed by atoms with Crippen molar-refractivity contribution in [3.63, 3.8) is 0 Å². The van der Waals surface area contributed by atoms with E-state index >= 15 is 0 Å². The molecule has 1 unspecified atom stereocenters. The number of methoxy groups -OCH3 is 2. The first kappa shape index (κ1) is 19.8. The van der Waals surface area contributed by atoms with Gasteiger partial charge in [0, 0.05) is 17.0 Å². The Balaban J connectivity index is 2.22. The third kappa shape index (κ3) is 3.68. The summed E-state index contributed by atoms with van der Waals surface area (Å²) >= 11 is 0. The highest BCUT2D eigenvalue weighted by Gasteiger charge is 2.23. The largest absolute Gasteiger partial charge is 0.508 e. The molecule has 0 bridgehead atoms. The molecule has 1 atom stereocenters. The lowest BCUT2D eigenvalue weighted by molar-refractivity contribution is 0.226. The van der Waals surface area contributed by atoms with Gasteiger partial charge in [0.2, 0.25) is 5.75 Å². The van der Waals surface area contributed by atoms with Gasteiger partial charge in [-0.25, -0.2) is 4.21 Å². The second-order valence-electron chi connectivity index (χ2n) is 6.17. The topological polar surface area (TPSA) is 95.2 Å². The van der Waals surface area contributed by atoms with Crippen LogP contribution in [0.25, 0.3) is 11.0 Å². The average molecular weight is 404 g/mol. The fraction of sp³-hybridized carbons (Fsp3) is 0.250. The third-order valence-electron chi connectivity index (χ3n) is 3.88. The highest BCUT2D eigenvalue weighted by atomic mass is 32.2. The highest BCUT2D eigenvalue weighted by molar-refractivity contribution is 7.85. The first-order valence-electron chi connectivity index (χ1n) is 8.46. The van der Waals surface area contributed by atoms with Crippen molar-refractivity contribution in [3.8, 4) is 23.0 Å². The Morgan fingerprint density at radius 2 is 1.68 bits per heavy atom. The summed E-state index contributed by atoms with van der Waals surface area (Å²) in [6, 6.07) is 8.50. The second-order valence-corrected chi connectivity index (χ2v) is 7.58. The molecule has 3 aromatic rings. The molecule has 0 spiro atoms. The molecule has 0 aliphatic rings. The molecule has 0 saturated carbocycles. The zero-order valence-corrected chi connectivity index (χ0v) is 16.7. The van der Waals surface area contributed by atoms with E-state index in [2.05, 4.69) is 0 Å². The van der Waals surface area contributed by atoms with Crippen LogP contribution in [0.2, 0.25) is 0 Å². The predicted octanol–water partition coefficient (Wildman–Crippen LogP) is 3.47. The van der Waals surface area contributed by atoms with Crippen LogP contribution in [0.15, 0.2) is 55.6 Å². The summed E-state index contributed by atoms with van der Waals surface area (Å²) in [6.45, 7) is 3.70. The summed E-state index contributed by atoms with van der Waals surface area (Å²) in [5.74, 6) is 0.861. The number of phenols is 1. The van der Waals surface area contributed by atoms with Crippen LogP contribution in [0.4, 0.5) is 0 Å². The van der Waals surface area contributed by atoms with Gasteiger partial charge in [-0.2, -0.15) is 0 Å². The van der Waals surface area contributed by atoms with E-state index in [0.717, 1.165) is 6.07 Å². The Morgan fingerprint density at radius 3 is 2.25 bits per heavy atom. The molecule has 3 rings (SSSR count). The number of ether oxygens (including phenoxy) is 3. The monoisotopic (exact) mass is 404 g/mol. The first-order valence-corrected chi connectivity index (χ1v) is 9.61. The molecule has 28 heavy (non-hydrogen) atoms. The maximum absolute atomic E-state index is 12.8. The smallest absolute Gasteiger partial charge is 0.204 e.